The number of fused-ring (bicyclic) bond motifs is 2. The van der Waals surface area contributed by atoms with Gasteiger partial charge < -0.3 is 25.0 Å². The van der Waals surface area contributed by atoms with Crippen molar-refractivity contribution in [2.75, 3.05) is 44.7 Å². The fraction of sp³-hybridized carbons (Fsp3) is 0.455. The molecule has 0 spiro atoms. The van der Waals surface area contributed by atoms with Crippen LogP contribution < -0.4 is 15.4 Å². The highest BCUT2D eigenvalue weighted by molar-refractivity contribution is 5.96. The van der Waals surface area contributed by atoms with E-state index in [0.717, 1.165) is 48.1 Å². The lowest BCUT2D eigenvalue weighted by Crippen LogP contribution is -2.31. The number of anilines is 2. The summed E-state index contributed by atoms with van der Waals surface area (Å²) in [7, 11) is 0. The molecule has 5 rings (SSSR count). The predicted octanol–water partition coefficient (Wildman–Crippen LogP) is 5.32. The molecule has 42 heavy (non-hydrogen) atoms. The van der Waals surface area contributed by atoms with Crippen LogP contribution in [0.25, 0.3) is 11.1 Å². The summed E-state index contributed by atoms with van der Waals surface area (Å²) in [5.74, 6) is 2.63. The van der Waals surface area contributed by atoms with Crippen molar-refractivity contribution in [3.63, 3.8) is 0 Å². The molecule has 2 saturated carbocycles. The second kappa shape index (κ2) is 14.3. The highest BCUT2D eigenvalue weighted by atomic mass is 16.5. The molecular weight excluding hydrogens is 530 g/mol. The molecule has 3 atom stereocenters. The van der Waals surface area contributed by atoms with Gasteiger partial charge in [-0.15, -0.1) is 0 Å². The summed E-state index contributed by atoms with van der Waals surface area (Å²) >= 11 is 0. The number of hydrogen-bond acceptors (Lipinski definition) is 8. The molecular formula is C33H41N5O4. The van der Waals surface area contributed by atoms with Crippen molar-refractivity contribution in [1.82, 2.24) is 20.2 Å². The highest BCUT2D eigenvalue weighted by Gasteiger charge is 2.39. The van der Waals surface area contributed by atoms with Gasteiger partial charge in [0.25, 0.3) is 5.91 Å². The Hall–Kier alpha value is -3.98. The van der Waals surface area contributed by atoms with Crippen LogP contribution in [-0.2, 0) is 9.53 Å². The molecule has 1 heterocycles. The Morgan fingerprint density at radius 3 is 2.31 bits per heavy atom. The second-order valence-corrected chi connectivity index (χ2v) is 11.2. The zero-order valence-corrected chi connectivity index (χ0v) is 24.6. The SMILES string of the molecule is CCN(CC)CCOc1ccc(Nc2ncc(-c3ccc(C(=O)NCC(=O)OCC4CC5CCC4C5)cc3)cn2)cc1. The smallest absolute Gasteiger partial charge is 0.325 e. The maximum atomic E-state index is 12.5. The predicted molar refractivity (Wildman–Crippen MR) is 163 cm³/mol. The Labute approximate surface area is 248 Å². The number of rotatable bonds is 14. The summed E-state index contributed by atoms with van der Waals surface area (Å²) in [5, 5.41) is 5.87. The number of benzene rings is 2. The maximum Gasteiger partial charge on any atom is 0.325 e. The third kappa shape index (κ3) is 7.85. The van der Waals surface area contributed by atoms with Gasteiger partial charge in [-0.05, 0) is 92.1 Å². The molecule has 2 fully saturated rings. The topological polar surface area (TPSA) is 106 Å². The number of esters is 1. The van der Waals surface area contributed by atoms with E-state index < -0.39 is 0 Å². The first-order valence-electron chi connectivity index (χ1n) is 15.1. The number of aromatic nitrogens is 2. The van der Waals surface area contributed by atoms with Gasteiger partial charge >= 0.3 is 5.97 Å². The van der Waals surface area contributed by atoms with Crippen molar-refractivity contribution in [3.05, 3.63) is 66.5 Å². The fourth-order valence-electron chi connectivity index (χ4n) is 6.04. The van der Waals surface area contributed by atoms with Crippen LogP contribution in [0.2, 0.25) is 0 Å². The van der Waals surface area contributed by atoms with Crippen molar-refractivity contribution in [1.29, 1.82) is 0 Å². The summed E-state index contributed by atoms with van der Waals surface area (Å²) < 4.78 is 11.3. The second-order valence-electron chi connectivity index (χ2n) is 11.2. The van der Waals surface area contributed by atoms with Gasteiger partial charge in [-0.1, -0.05) is 32.4 Å². The molecule has 2 bridgehead atoms. The Morgan fingerprint density at radius 1 is 0.929 bits per heavy atom. The number of nitrogens with one attached hydrogen (secondary N) is 2. The average Bonchev–Trinajstić information content (AvgIpc) is 3.66. The van der Waals surface area contributed by atoms with Crippen molar-refractivity contribution in [2.45, 2.75) is 39.5 Å². The quantitative estimate of drug-likeness (QED) is 0.251. The number of nitrogens with zero attached hydrogens (tertiary/aromatic N) is 3. The maximum absolute atomic E-state index is 12.5. The molecule has 0 saturated heterocycles. The van der Waals surface area contributed by atoms with E-state index in [1.165, 1.54) is 25.7 Å². The number of hydrogen-bond donors (Lipinski definition) is 2. The van der Waals surface area contributed by atoms with Gasteiger partial charge in [0, 0.05) is 35.8 Å². The van der Waals surface area contributed by atoms with Gasteiger partial charge in [-0.25, -0.2) is 9.97 Å². The number of amides is 1. The van der Waals surface area contributed by atoms with E-state index in [1.807, 2.05) is 36.4 Å². The lowest BCUT2D eigenvalue weighted by Gasteiger charge is -2.21. The summed E-state index contributed by atoms with van der Waals surface area (Å²) in [6, 6.07) is 14.9. The highest BCUT2D eigenvalue weighted by Crippen LogP contribution is 2.48. The fourth-order valence-corrected chi connectivity index (χ4v) is 6.04. The van der Waals surface area contributed by atoms with Crippen molar-refractivity contribution in [3.8, 4) is 16.9 Å². The Bertz CT molecular complexity index is 1310. The van der Waals surface area contributed by atoms with Gasteiger partial charge in [0.1, 0.15) is 18.9 Å². The number of ether oxygens (including phenoxy) is 2. The molecule has 9 nitrogen and oxygen atoms in total. The molecule has 2 N–H and O–H groups in total. The first-order chi connectivity index (χ1) is 20.5. The molecule has 2 aromatic carbocycles. The van der Waals surface area contributed by atoms with E-state index >= 15 is 0 Å². The van der Waals surface area contributed by atoms with E-state index in [4.69, 9.17) is 9.47 Å². The Kier molecular flexibility index (Phi) is 10.0. The van der Waals surface area contributed by atoms with Gasteiger partial charge in [0.15, 0.2) is 0 Å². The molecule has 9 heteroatoms. The normalized spacial score (nSPS) is 19.1. The number of carbonyl (C=O) groups excluding carboxylic acids is 2. The molecule has 1 amide bonds. The van der Waals surface area contributed by atoms with Crippen LogP contribution in [0.4, 0.5) is 11.6 Å². The van der Waals surface area contributed by atoms with E-state index in [1.54, 1.807) is 24.5 Å². The van der Waals surface area contributed by atoms with E-state index in [9.17, 15) is 9.59 Å². The van der Waals surface area contributed by atoms with Crippen LogP contribution in [0.3, 0.4) is 0 Å². The molecule has 1 aromatic heterocycles. The summed E-state index contributed by atoms with van der Waals surface area (Å²) in [6.45, 7) is 8.24. The average molecular weight is 572 g/mol. The van der Waals surface area contributed by atoms with Crippen LogP contribution in [0.1, 0.15) is 49.9 Å². The van der Waals surface area contributed by atoms with Crippen molar-refractivity contribution in [2.24, 2.45) is 17.8 Å². The molecule has 222 valence electrons. The molecule has 0 aliphatic heterocycles. The van der Waals surface area contributed by atoms with Crippen LogP contribution in [0, 0.1) is 17.8 Å². The standard InChI is InChI=1S/C33H41N5O4/c1-3-38(4-2)15-16-41-30-13-11-29(12-14-30)37-33-35-19-28(20-36-33)24-7-9-25(10-8-24)32(40)34-21-31(39)42-22-27-18-23-5-6-26(27)17-23/h7-14,19-20,23,26-27H,3-6,15-18,21-22H2,1-2H3,(H,34,40)(H,35,36,37). The van der Waals surface area contributed by atoms with Crippen LogP contribution in [0.5, 0.6) is 5.75 Å². The van der Waals surface area contributed by atoms with Gasteiger partial charge in [-0.3, -0.25) is 9.59 Å². The minimum Gasteiger partial charge on any atom is -0.492 e. The van der Waals surface area contributed by atoms with Gasteiger partial charge in [-0.2, -0.15) is 0 Å². The van der Waals surface area contributed by atoms with E-state index in [0.29, 0.717) is 36.6 Å². The van der Waals surface area contributed by atoms with E-state index in [2.05, 4.69) is 39.3 Å². The minimum absolute atomic E-state index is 0.129. The molecule has 3 unspecified atom stereocenters. The minimum atomic E-state index is -0.385. The largest absolute Gasteiger partial charge is 0.492 e. The van der Waals surface area contributed by atoms with Crippen LogP contribution >= 0.6 is 0 Å². The monoisotopic (exact) mass is 571 g/mol. The number of likely N-dealkylation sites (N-methyl/N-ethyl adjacent to an activating group) is 1. The van der Waals surface area contributed by atoms with Crippen LogP contribution in [-0.4, -0.2) is 66.1 Å². The molecule has 2 aliphatic carbocycles. The van der Waals surface area contributed by atoms with Crippen LogP contribution in [0.15, 0.2) is 60.9 Å². The Morgan fingerprint density at radius 2 is 1.67 bits per heavy atom. The lowest BCUT2D eigenvalue weighted by atomic mass is 9.90. The number of carbonyl (C=O) groups is 2. The summed E-state index contributed by atoms with van der Waals surface area (Å²) in [4.78, 5) is 35.9. The lowest BCUT2D eigenvalue weighted by molar-refractivity contribution is -0.144. The third-order valence-electron chi connectivity index (χ3n) is 8.55. The molecule has 3 aromatic rings. The van der Waals surface area contributed by atoms with Crippen molar-refractivity contribution >= 4 is 23.5 Å². The first kappa shape index (κ1) is 29.5. The molecule has 0 radical (unpaired) electrons. The molecule has 2 aliphatic rings. The van der Waals surface area contributed by atoms with Gasteiger partial charge in [0.2, 0.25) is 5.95 Å². The van der Waals surface area contributed by atoms with Gasteiger partial charge in [0.05, 0.1) is 6.61 Å². The Balaban J connectivity index is 1.05. The zero-order valence-electron chi connectivity index (χ0n) is 24.6. The first-order valence-corrected chi connectivity index (χ1v) is 15.1. The zero-order chi connectivity index (χ0) is 29.3. The van der Waals surface area contributed by atoms with Crippen molar-refractivity contribution < 1.29 is 19.1 Å². The third-order valence-corrected chi connectivity index (χ3v) is 8.55. The van der Waals surface area contributed by atoms with E-state index in [-0.39, 0.29) is 18.4 Å². The summed E-state index contributed by atoms with van der Waals surface area (Å²) in [5.41, 5.74) is 3.05. The summed E-state index contributed by atoms with van der Waals surface area (Å²) in [6.07, 6.45) is 8.51.